The van der Waals surface area contributed by atoms with Crippen molar-refractivity contribution in [2.75, 3.05) is 20.7 Å². The lowest BCUT2D eigenvalue weighted by molar-refractivity contribution is -0.159. The summed E-state index contributed by atoms with van der Waals surface area (Å²) >= 11 is 12.7. The van der Waals surface area contributed by atoms with Gasteiger partial charge in [0.2, 0.25) is 21.8 Å². The monoisotopic (exact) mass is 609 g/mol. The summed E-state index contributed by atoms with van der Waals surface area (Å²) in [4.78, 5) is 34.0. The van der Waals surface area contributed by atoms with Gasteiger partial charge >= 0.3 is 0 Å². The van der Waals surface area contributed by atoms with E-state index >= 15 is 0 Å². The molecule has 0 aromatic heterocycles. The highest BCUT2D eigenvalue weighted by molar-refractivity contribution is 7.90. The van der Waals surface area contributed by atoms with Gasteiger partial charge in [-0.2, -0.15) is 0 Å². The number of hydrogen-bond acceptors (Lipinski definition) is 5. The van der Waals surface area contributed by atoms with Crippen LogP contribution in [0.2, 0.25) is 10.0 Å². The highest BCUT2D eigenvalue weighted by atomic mass is 35.5. The van der Waals surface area contributed by atoms with Crippen LogP contribution in [0.4, 0.5) is 0 Å². The van der Waals surface area contributed by atoms with Gasteiger partial charge in [-0.25, -0.2) is 18.2 Å². The van der Waals surface area contributed by atoms with Crippen LogP contribution in [0.15, 0.2) is 48.5 Å². The molecule has 2 aliphatic rings. The number of halogens is 2. The van der Waals surface area contributed by atoms with Gasteiger partial charge in [0.05, 0.1) is 23.8 Å². The molecule has 1 heterocycles. The summed E-state index contributed by atoms with van der Waals surface area (Å²) in [6, 6.07) is 14.0. The first-order chi connectivity index (χ1) is 18.9. The summed E-state index contributed by atoms with van der Waals surface area (Å²) in [5, 5.41) is 0.776. The van der Waals surface area contributed by atoms with E-state index in [2.05, 4.69) is 5.48 Å². The van der Waals surface area contributed by atoms with Crippen molar-refractivity contribution in [3.05, 3.63) is 69.7 Å². The Labute approximate surface area is 247 Å². The summed E-state index contributed by atoms with van der Waals surface area (Å²) in [6.45, 7) is 3.89. The van der Waals surface area contributed by atoms with Crippen LogP contribution >= 0.6 is 23.2 Å². The van der Waals surface area contributed by atoms with Gasteiger partial charge < -0.3 is 4.90 Å². The van der Waals surface area contributed by atoms with Crippen LogP contribution in [0.3, 0.4) is 0 Å². The second-order valence-electron chi connectivity index (χ2n) is 11.1. The maximum atomic E-state index is 14.5. The number of carbonyl (C=O) groups excluding carboxylic acids is 2. The number of benzene rings is 2. The van der Waals surface area contributed by atoms with E-state index in [0.717, 1.165) is 11.1 Å². The van der Waals surface area contributed by atoms with E-state index in [1.807, 2.05) is 42.2 Å². The van der Waals surface area contributed by atoms with Crippen molar-refractivity contribution in [1.29, 1.82) is 0 Å². The first-order valence-electron chi connectivity index (χ1n) is 13.5. The summed E-state index contributed by atoms with van der Waals surface area (Å²) in [5.74, 6) is -0.854. The molecule has 1 saturated carbocycles. The standard InChI is InChI=1S/C29H37Cl2N3O5S/c1-5-23(18-33(3)40(37,38)24-13-14-24)34-27(19-9-11-21(30)12-10-19)25(20-7-6-8-22(31)15-20)16-29(2,28(34)36)17-26(35)32-39-4/h6-12,15,23-25,27H,5,13-14,16-18H2,1-4H3,(H,32,35)/t23-,25+,27+,29-/m0/s1. The predicted octanol–water partition coefficient (Wildman–Crippen LogP) is 5.33. The van der Waals surface area contributed by atoms with Gasteiger partial charge in [0.25, 0.3) is 0 Å². The minimum Gasteiger partial charge on any atom is -0.330 e. The molecule has 40 heavy (non-hydrogen) atoms. The molecule has 1 aliphatic carbocycles. The number of hydroxylamine groups is 1. The molecular formula is C29H37Cl2N3O5S. The van der Waals surface area contributed by atoms with Crippen LogP contribution < -0.4 is 5.48 Å². The molecular weight excluding hydrogens is 573 g/mol. The number of likely N-dealkylation sites (N-methyl/N-ethyl adjacent to an activating group) is 1. The number of hydrogen-bond donors (Lipinski definition) is 1. The molecule has 0 radical (unpaired) electrons. The molecule has 2 amide bonds. The third kappa shape index (κ3) is 6.49. The van der Waals surface area contributed by atoms with Gasteiger partial charge in [-0.1, -0.05) is 61.3 Å². The molecule has 11 heteroatoms. The minimum absolute atomic E-state index is 0.0901. The fraction of sp³-hybridized carbons (Fsp3) is 0.517. The smallest absolute Gasteiger partial charge is 0.244 e. The quantitative estimate of drug-likeness (QED) is 0.347. The van der Waals surface area contributed by atoms with Crippen molar-refractivity contribution >= 4 is 45.0 Å². The van der Waals surface area contributed by atoms with Gasteiger partial charge in [-0.05, 0) is 61.1 Å². The minimum atomic E-state index is -3.46. The number of nitrogens with one attached hydrogen (secondary N) is 1. The van der Waals surface area contributed by atoms with E-state index < -0.39 is 33.4 Å². The number of carbonyl (C=O) groups is 2. The van der Waals surface area contributed by atoms with Crippen LogP contribution in [0.5, 0.6) is 0 Å². The number of sulfonamides is 1. The first kappa shape index (κ1) is 30.8. The number of likely N-dealkylation sites (tertiary alicyclic amines) is 1. The van der Waals surface area contributed by atoms with Crippen molar-refractivity contribution in [2.24, 2.45) is 5.41 Å². The van der Waals surface area contributed by atoms with Crippen molar-refractivity contribution in [3.63, 3.8) is 0 Å². The topological polar surface area (TPSA) is 96.0 Å². The highest BCUT2D eigenvalue weighted by Crippen LogP contribution is 2.52. The molecule has 218 valence electrons. The fourth-order valence-electron chi connectivity index (χ4n) is 5.89. The number of amides is 2. The molecule has 1 aliphatic heterocycles. The summed E-state index contributed by atoms with van der Waals surface area (Å²) in [6.07, 6.45) is 2.11. The lowest BCUT2D eigenvalue weighted by Gasteiger charge is -2.52. The van der Waals surface area contributed by atoms with Crippen LogP contribution in [0.25, 0.3) is 0 Å². The van der Waals surface area contributed by atoms with Crippen LogP contribution in [-0.2, 0) is 24.4 Å². The van der Waals surface area contributed by atoms with Gasteiger partial charge in [0, 0.05) is 42.0 Å². The zero-order valence-electron chi connectivity index (χ0n) is 23.3. The summed E-state index contributed by atoms with van der Waals surface area (Å²) in [7, 11) is -0.525. The lowest BCUT2D eigenvalue weighted by atomic mass is 9.67. The Kier molecular flexibility index (Phi) is 9.52. The molecule has 1 N–H and O–H groups in total. The number of piperidine rings is 1. The van der Waals surface area contributed by atoms with E-state index in [1.54, 1.807) is 32.2 Å². The molecule has 8 nitrogen and oxygen atoms in total. The molecule has 1 saturated heterocycles. The Morgan fingerprint density at radius 2 is 1.82 bits per heavy atom. The Balaban J connectivity index is 1.85. The summed E-state index contributed by atoms with van der Waals surface area (Å²) in [5.41, 5.74) is 3.06. The molecule has 0 bridgehead atoms. The molecule has 2 aromatic carbocycles. The SMILES string of the molecule is CC[C@@H](CN(C)S(=O)(=O)C1CC1)N1C(=O)[C@](C)(CC(=O)NOC)C[C@H](c2cccc(Cl)c2)[C@H]1c1ccc(Cl)cc1. The van der Waals surface area contributed by atoms with Crippen LogP contribution in [0, 0.1) is 5.41 Å². The van der Waals surface area contributed by atoms with Gasteiger partial charge in [0.1, 0.15) is 0 Å². The Morgan fingerprint density at radius 3 is 2.40 bits per heavy atom. The van der Waals surface area contributed by atoms with Crippen molar-refractivity contribution in [2.45, 2.75) is 69.2 Å². The van der Waals surface area contributed by atoms with E-state index in [0.29, 0.717) is 35.7 Å². The van der Waals surface area contributed by atoms with Crippen molar-refractivity contribution in [1.82, 2.24) is 14.7 Å². The second kappa shape index (κ2) is 12.4. The van der Waals surface area contributed by atoms with Crippen molar-refractivity contribution in [3.8, 4) is 0 Å². The third-order valence-corrected chi connectivity index (χ3v) is 10.9. The molecule has 0 spiro atoms. The highest BCUT2D eigenvalue weighted by Gasteiger charge is 2.52. The lowest BCUT2D eigenvalue weighted by Crippen LogP contribution is -2.58. The Morgan fingerprint density at radius 1 is 1.15 bits per heavy atom. The van der Waals surface area contributed by atoms with Crippen LogP contribution in [-0.4, -0.2) is 61.4 Å². The average molecular weight is 611 g/mol. The summed E-state index contributed by atoms with van der Waals surface area (Å²) < 4.78 is 27.6. The van der Waals surface area contributed by atoms with Crippen molar-refractivity contribution < 1.29 is 22.8 Å². The van der Waals surface area contributed by atoms with Gasteiger partial charge in [-0.3, -0.25) is 14.4 Å². The largest absolute Gasteiger partial charge is 0.330 e. The van der Waals surface area contributed by atoms with Gasteiger partial charge in [-0.15, -0.1) is 0 Å². The zero-order valence-corrected chi connectivity index (χ0v) is 25.6. The Bertz CT molecular complexity index is 1340. The molecule has 2 fully saturated rings. The Hall–Kier alpha value is -2.17. The zero-order chi connectivity index (χ0) is 29.2. The van der Waals surface area contributed by atoms with Gasteiger partial charge in [0.15, 0.2) is 0 Å². The fourth-order valence-corrected chi connectivity index (χ4v) is 7.83. The molecule has 2 aromatic rings. The van der Waals surface area contributed by atoms with E-state index in [4.69, 9.17) is 28.0 Å². The normalized spacial score (nSPS) is 24.3. The molecule has 0 unspecified atom stereocenters. The maximum Gasteiger partial charge on any atom is 0.244 e. The third-order valence-electron chi connectivity index (χ3n) is 8.07. The first-order valence-corrected chi connectivity index (χ1v) is 15.8. The maximum absolute atomic E-state index is 14.5. The van der Waals surface area contributed by atoms with E-state index in [-0.39, 0.29) is 30.0 Å². The average Bonchev–Trinajstić information content (AvgIpc) is 3.76. The molecule has 4 rings (SSSR count). The predicted molar refractivity (Wildman–Crippen MR) is 156 cm³/mol. The van der Waals surface area contributed by atoms with E-state index in [9.17, 15) is 18.0 Å². The second-order valence-corrected chi connectivity index (χ2v) is 14.3. The number of rotatable bonds is 11. The van der Waals surface area contributed by atoms with Crippen LogP contribution in [0.1, 0.15) is 69.0 Å². The van der Waals surface area contributed by atoms with E-state index in [1.165, 1.54) is 11.4 Å². The molecule has 4 atom stereocenters. The number of nitrogens with zero attached hydrogens (tertiary/aromatic N) is 2.